The molecule has 5 saturated heterocycles. The second-order valence-corrected chi connectivity index (χ2v) is 28.2. The van der Waals surface area contributed by atoms with Crippen LogP contribution in [0.5, 0.6) is 0 Å². The quantitative estimate of drug-likeness (QED) is 0.0403. The zero-order chi connectivity index (χ0) is 62.5. The normalized spacial score (nSPS) is 48.0. The highest BCUT2D eigenvalue weighted by Gasteiger charge is 2.79. The first kappa shape index (κ1) is 66.9. The summed E-state index contributed by atoms with van der Waals surface area (Å²) in [6, 6.07) is 0. The molecule has 9 rings (SSSR count). The first-order valence-electron chi connectivity index (χ1n) is 29.0. The van der Waals surface area contributed by atoms with Crippen LogP contribution in [0.2, 0.25) is 0 Å². The Morgan fingerprint density at radius 2 is 1.39 bits per heavy atom. The van der Waals surface area contributed by atoms with Crippen molar-refractivity contribution in [3.05, 3.63) is 23.3 Å². The standard InChI is InChI=1S/C55H86O28S2/c1-24(2)12-11-17-54(9)45-30(76-26(4)56)20-53(8)28-13-14-33-51(5,6)34(16-18-52(33,7)27(28)15-19-55(45,53)50(64)82-54)78-49-44(36(59)32(22-73-49)83-85(68,69)70)81-47-38(61)37(60)41(25(3)75-47)79-46-39(62)42(29(57)21-72-46)80-48-40(63)43(71-10)35(58)31(77-48)23-74-84(65,66)67/h12-13,25,27,29-49,57-63H,11,14-23H2,1-10H3,(H,65,66,67)(H,68,69,70)/p-2/t25-,27-,29-,30+,31-,32-,33+,34+,35-,36+,37-,38-,39-,40-,41-,42+,43+,44-,45-,46+,47+,48+,49+,52-,53+,54+,55-/m1/s1. The number of hydrogen-bond donors (Lipinski definition) is 7. The van der Waals surface area contributed by atoms with Crippen LogP contribution < -0.4 is 0 Å². The monoisotopic (exact) mass is 1260 g/mol. The lowest BCUT2D eigenvalue weighted by molar-refractivity contribution is -0.382. The van der Waals surface area contributed by atoms with Crippen molar-refractivity contribution < 1.29 is 132 Å². The summed E-state index contributed by atoms with van der Waals surface area (Å²) < 4.78 is 144. The van der Waals surface area contributed by atoms with Gasteiger partial charge in [0.1, 0.15) is 91.1 Å². The molecular weight excluding hydrogens is 1170 g/mol. The first-order valence-corrected chi connectivity index (χ1v) is 31.6. The fourth-order valence-corrected chi connectivity index (χ4v) is 17.2. The number of methoxy groups -OCH3 is 1. The minimum absolute atomic E-state index is 0.0163. The van der Waals surface area contributed by atoms with E-state index in [1.54, 1.807) is 0 Å². The highest BCUT2D eigenvalue weighted by molar-refractivity contribution is 7.81. The molecule has 9 aliphatic rings. The molecule has 0 unspecified atom stereocenters. The summed E-state index contributed by atoms with van der Waals surface area (Å²) in [6.45, 7) is 15.0. The number of allylic oxidation sites excluding steroid dienone is 4. The highest BCUT2D eigenvalue weighted by Crippen LogP contribution is 2.77. The number of carbonyl (C=O) groups is 2. The molecule has 486 valence electrons. The summed E-state index contributed by atoms with van der Waals surface area (Å²) in [5, 5.41) is 79.0. The topological polar surface area (TPSA) is 410 Å². The van der Waals surface area contributed by atoms with Crippen molar-refractivity contribution in [1.82, 2.24) is 0 Å². The van der Waals surface area contributed by atoms with Crippen molar-refractivity contribution in [3.63, 3.8) is 0 Å². The van der Waals surface area contributed by atoms with Gasteiger partial charge < -0.3 is 97.0 Å². The van der Waals surface area contributed by atoms with Crippen molar-refractivity contribution in [1.29, 1.82) is 0 Å². The lowest BCUT2D eigenvalue weighted by Crippen LogP contribution is -2.65. The largest absolute Gasteiger partial charge is 0.726 e. The van der Waals surface area contributed by atoms with Gasteiger partial charge >= 0.3 is 11.9 Å². The van der Waals surface area contributed by atoms with Crippen LogP contribution in [-0.4, -0.2) is 229 Å². The molecule has 5 heterocycles. The lowest BCUT2D eigenvalue weighted by atomic mass is 9.41. The van der Waals surface area contributed by atoms with Gasteiger partial charge in [-0.1, -0.05) is 51.0 Å². The molecule has 7 N–H and O–H groups in total. The lowest BCUT2D eigenvalue weighted by Gasteiger charge is -2.64. The van der Waals surface area contributed by atoms with Crippen molar-refractivity contribution in [2.24, 2.45) is 39.4 Å². The van der Waals surface area contributed by atoms with Crippen molar-refractivity contribution in [2.45, 2.75) is 242 Å². The van der Waals surface area contributed by atoms with E-state index in [4.69, 9.17) is 52.1 Å². The SMILES string of the molecule is CO[C@@H]1[C@@H](O)[C@H](O[C@@H]2[C@@H](O)[C@H](O[C@H]3[C@H](O)[C@@H](O)[C@H](O[C@H]4[C@H](O[C@H]5CC[C@]6(C)[C@@H]7CC[C@]89C(=O)O[C@@](C)(CCC=C(C)C)[C@H]8[C@@H](OC(C)=O)C[C@@]9(C)C7=CC[C@H]6C5(C)C)OC[C@@H](OS(=O)(=O)[O-])[C@@H]4O)O[C@@H]3C)OC[C@H]2O)O[C@H](COS(=O)(=O)[O-])[C@H]1O. The maximum Gasteiger partial charge on any atom is 0.314 e. The van der Waals surface area contributed by atoms with Crippen molar-refractivity contribution >= 4 is 32.7 Å². The average Bonchev–Trinajstić information content (AvgIpc) is 1.53. The molecule has 28 nitrogen and oxygen atoms in total. The predicted molar refractivity (Wildman–Crippen MR) is 282 cm³/mol. The number of carbonyl (C=O) groups excluding carboxylic acids is 2. The third-order valence-electron chi connectivity index (χ3n) is 20.4. The summed E-state index contributed by atoms with van der Waals surface area (Å²) in [5.41, 5.74) is -1.19. The first-order chi connectivity index (χ1) is 39.5. The molecule has 0 radical (unpaired) electrons. The zero-order valence-electron chi connectivity index (χ0n) is 49.2. The molecule has 0 amide bonds. The van der Waals surface area contributed by atoms with Crippen LogP contribution in [-0.2, 0) is 90.9 Å². The zero-order valence-corrected chi connectivity index (χ0v) is 50.9. The molecule has 0 aromatic carbocycles. The van der Waals surface area contributed by atoms with E-state index in [0.717, 1.165) is 18.3 Å². The third-order valence-corrected chi connectivity index (χ3v) is 21.3. The minimum atomic E-state index is -5.44. The van der Waals surface area contributed by atoms with Crippen LogP contribution in [0.25, 0.3) is 0 Å². The smallest absolute Gasteiger partial charge is 0.314 e. The number of aliphatic hydroxyl groups excluding tert-OH is 7. The Labute approximate surface area is 494 Å². The summed E-state index contributed by atoms with van der Waals surface area (Å²) in [4.78, 5) is 27.4. The second kappa shape index (κ2) is 24.6. The van der Waals surface area contributed by atoms with Crippen LogP contribution in [0.4, 0.5) is 0 Å². The molecule has 3 saturated carbocycles. The molecule has 1 spiro atoms. The van der Waals surface area contributed by atoms with Gasteiger partial charge in [0.2, 0.25) is 20.8 Å². The van der Waals surface area contributed by atoms with Crippen LogP contribution >= 0.6 is 0 Å². The predicted octanol–water partition coefficient (Wildman–Crippen LogP) is -0.238. The average molecular weight is 1260 g/mol. The fourth-order valence-electron chi connectivity index (χ4n) is 16.4. The number of esters is 2. The summed E-state index contributed by atoms with van der Waals surface area (Å²) in [7, 11) is -9.62. The Morgan fingerprint density at radius 3 is 2.04 bits per heavy atom. The van der Waals surface area contributed by atoms with Gasteiger partial charge in [-0.3, -0.25) is 18.0 Å². The van der Waals surface area contributed by atoms with Crippen LogP contribution in [0, 0.1) is 39.4 Å². The van der Waals surface area contributed by atoms with Gasteiger partial charge in [0, 0.05) is 19.4 Å². The van der Waals surface area contributed by atoms with Crippen molar-refractivity contribution in [2.75, 3.05) is 26.9 Å². The maximum atomic E-state index is 14.7. The number of fused-ring (bicyclic) bond motifs is 4. The van der Waals surface area contributed by atoms with Gasteiger partial charge in [0.15, 0.2) is 25.2 Å². The minimum Gasteiger partial charge on any atom is -0.726 e. The molecular formula is C55H84O28S2-2. The van der Waals surface area contributed by atoms with Crippen LogP contribution in [0.3, 0.4) is 0 Å². The maximum absolute atomic E-state index is 14.7. The van der Waals surface area contributed by atoms with E-state index in [-0.39, 0.29) is 29.1 Å². The Hall–Kier alpha value is -2.48. The Morgan fingerprint density at radius 1 is 0.741 bits per heavy atom. The summed E-state index contributed by atoms with van der Waals surface area (Å²) in [6.07, 6.45) is -23.8. The summed E-state index contributed by atoms with van der Waals surface area (Å²) >= 11 is 0. The van der Waals surface area contributed by atoms with Gasteiger partial charge in [0.25, 0.3) is 0 Å². The molecule has 30 heteroatoms. The van der Waals surface area contributed by atoms with E-state index in [1.165, 1.54) is 13.8 Å². The number of ether oxygens (including phenoxy) is 11. The van der Waals surface area contributed by atoms with E-state index in [2.05, 4.69) is 48.2 Å². The highest BCUT2D eigenvalue weighted by atomic mass is 32.3. The molecule has 8 fully saturated rings. The Kier molecular flexibility index (Phi) is 19.4. The van der Waals surface area contributed by atoms with Crippen LogP contribution in [0.1, 0.15) is 114 Å². The van der Waals surface area contributed by atoms with E-state index >= 15 is 0 Å². The molecule has 5 aliphatic heterocycles. The molecule has 85 heavy (non-hydrogen) atoms. The van der Waals surface area contributed by atoms with Gasteiger partial charge in [-0.15, -0.1) is 0 Å². The van der Waals surface area contributed by atoms with Crippen LogP contribution in [0.15, 0.2) is 23.3 Å². The Balaban J connectivity index is 0.899. The number of hydrogen-bond acceptors (Lipinski definition) is 28. The third kappa shape index (κ3) is 12.4. The van der Waals surface area contributed by atoms with Gasteiger partial charge in [0.05, 0.1) is 43.4 Å². The van der Waals surface area contributed by atoms with Gasteiger partial charge in [-0.25, -0.2) is 16.8 Å². The van der Waals surface area contributed by atoms with Gasteiger partial charge in [-0.05, 0) is 102 Å². The summed E-state index contributed by atoms with van der Waals surface area (Å²) in [5.74, 6) is -1.08. The Bertz CT molecular complexity index is 2730. The number of aliphatic hydroxyl groups is 7. The second-order valence-electron chi connectivity index (χ2n) is 26.1. The van der Waals surface area contributed by atoms with E-state index in [1.807, 2.05) is 20.8 Å². The number of rotatable bonds is 18. The molecule has 0 aromatic rings. The van der Waals surface area contributed by atoms with Crippen molar-refractivity contribution in [3.8, 4) is 0 Å². The van der Waals surface area contributed by atoms with E-state index in [0.29, 0.717) is 51.4 Å². The van der Waals surface area contributed by atoms with E-state index < -0.39 is 191 Å². The molecule has 4 aliphatic carbocycles. The van der Waals surface area contributed by atoms with Gasteiger partial charge in [-0.2, -0.15) is 0 Å². The number of cyclic esters (lactones) is 1. The molecule has 0 bridgehead atoms. The molecule has 27 atom stereocenters. The molecule has 0 aromatic heterocycles. The fraction of sp³-hybridized carbons (Fsp3) is 0.891. The van der Waals surface area contributed by atoms with E-state index in [9.17, 15) is 71.3 Å².